The fraction of sp³-hybridized carbons (Fsp3) is 0.312. The van der Waals surface area contributed by atoms with E-state index in [9.17, 15) is 14.0 Å². The highest BCUT2D eigenvalue weighted by Gasteiger charge is 2.28. The van der Waals surface area contributed by atoms with Gasteiger partial charge in [-0.05, 0) is 18.6 Å². The minimum absolute atomic E-state index is 0.134. The Hall–Kier alpha value is -2.58. The summed E-state index contributed by atoms with van der Waals surface area (Å²) in [6.45, 7) is 2.01. The number of hydrogen-bond donors (Lipinski definition) is 1. The van der Waals surface area contributed by atoms with Crippen LogP contribution in [0.25, 0.3) is 0 Å². The van der Waals surface area contributed by atoms with Crippen molar-refractivity contribution < 1.29 is 18.7 Å². The van der Waals surface area contributed by atoms with Crippen LogP contribution in [-0.4, -0.2) is 28.4 Å². The molecule has 2 aromatic rings. The Morgan fingerprint density at radius 1 is 1.42 bits per heavy atom. The van der Waals surface area contributed by atoms with Gasteiger partial charge in [0.15, 0.2) is 24.2 Å². The molecule has 0 radical (unpaired) electrons. The number of aromatic nitrogens is 2. The van der Waals surface area contributed by atoms with Gasteiger partial charge in [0.05, 0.1) is 12.8 Å². The maximum Gasteiger partial charge on any atom is 0.351 e. The Kier molecular flexibility index (Phi) is 4.68. The van der Waals surface area contributed by atoms with Crippen LogP contribution in [0.1, 0.15) is 29.9 Å². The molecule has 126 valence electrons. The molecule has 1 aliphatic rings. The van der Waals surface area contributed by atoms with Crippen molar-refractivity contribution in [1.29, 1.82) is 0 Å². The van der Waals surface area contributed by atoms with E-state index in [0.717, 1.165) is 10.8 Å². The van der Waals surface area contributed by atoms with E-state index in [2.05, 4.69) is 10.3 Å². The van der Waals surface area contributed by atoms with Crippen LogP contribution >= 0.6 is 0 Å². The summed E-state index contributed by atoms with van der Waals surface area (Å²) in [6, 6.07) is 8.26. The number of benzene rings is 1. The average Bonchev–Trinajstić information content (AvgIpc) is 3.07. The number of ether oxygens (including phenoxy) is 2. The Labute approximate surface area is 137 Å². The number of carbonyl (C=O) groups excluding carboxylic acids is 1. The lowest BCUT2D eigenvalue weighted by Crippen LogP contribution is -2.30. The molecule has 3 rings (SSSR count). The molecule has 24 heavy (non-hydrogen) atoms. The van der Waals surface area contributed by atoms with E-state index >= 15 is 0 Å². The summed E-state index contributed by atoms with van der Waals surface area (Å²) in [7, 11) is 0. The highest BCUT2D eigenvalue weighted by atomic mass is 19.1. The van der Waals surface area contributed by atoms with Gasteiger partial charge in [0, 0.05) is 5.56 Å². The van der Waals surface area contributed by atoms with Gasteiger partial charge in [-0.25, -0.2) is 9.18 Å². The second kappa shape index (κ2) is 6.90. The third-order valence-corrected chi connectivity index (χ3v) is 3.55. The average molecular weight is 333 g/mol. The van der Waals surface area contributed by atoms with Crippen LogP contribution in [0.4, 0.5) is 10.2 Å². The van der Waals surface area contributed by atoms with E-state index in [1.807, 2.05) is 6.92 Å². The molecule has 1 saturated heterocycles. The molecule has 1 aromatic heterocycles. The van der Waals surface area contributed by atoms with Gasteiger partial charge in [0.2, 0.25) is 0 Å². The summed E-state index contributed by atoms with van der Waals surface area (Å²) in [5.74, 6) is -1.80. The topological polar surface area (TPSA) is 82.5 Å². The quantitative estimate of drug-likeness (QED) is 0.924. The predicted molar refractivity (Wildman–Crippen MR) is 83.0 cm³/mol. The first kappa shape index (κ1) is 16.3. The number of nitrogens with zero attached hydrogens (tertiary/aromatic N) is 2. The number of amides is 1. The second-order valence-electron chi connectivity index (χ2n) is 5.21. The number of carbonyl (C=O) groups is 1. The van der Waals surface area contributed by atoms with Gasteiger partial charge in [-0.15, -0.1) is 0 Å². The molecular formula is C16H16FN3O4. The zero-order valence-corrected chi connectivity index (χ0v) is 12.9. The van der Waals surface area contributed by atoms with Crippen LogP contribution in [0.15, 0.2) is 41.3 Å². The third-order valence-electron chi connectivity index (χ3n) is 3.55. The largest absolute Gasteiger partial charge is 0.351 e. The predicted octanol–water partition coefficient (Wildman–Crippen LogP) is 1.92. The molecule has 7 nitrogen and oxygen atoms in total. The molecule has 1 aliphatic heterocycles. The molecular weight excluding hydrogens is 317 g/mol. The van der Waals surface area contributed by atoms with Crippen molar-refractivity contribution in [1.82, 2.24) is 9.55 Å². The van der Waals surface area contributed by atoms with Crippen LogP contribution in [-0.2, 0) is 9.47 Å². The maximum atomic E-state index is 14.2. The van der Waals surface area contributed by atoms with Crippen LogP contribution in [0.3, 0.4) is 0 Å². The Balaban J connectivity index is 1.80. The smallest absolute Gasteiger partial charge is 0.348 e. The van der Waals surface area contributed by atoms with Gasteiger partial charge in [-0.2, -0.15) is 4.98 Å². The molecule has 0 bridgehead atoms. The fourth-order valence-corrected chi connectivity index (χ4v) is 2.31. The molecule has 1 aromatic carbocycles. The number of halogens is 1. The van der Waals surface area contributed by atoms with Gasteiger partial charge in [0.1, 0.15) is 0 Å². The Morgan fingerprint density at radius 3 is 2.83 bits per heavy atom. The van der Waals surface area contributed by atoms with E-state index in [4.69, 9.17) is 9.47 Å². The normalized spacial score (nSPS) is 20.1. The molecule has 1 amide bonds. The van der Waals surface area contributed by atoms with E-state index in [1.54, 1.807) is 30.3 Å². The van der Waals surface area contributed by atoms with Crippen LogP contribution in [0.5, 0.6) is 0 Å². The summed E-state index contributed by atoms with van der Waals surface area (Å²) in [5, 5.41) is 2.29. The lowest BCUT2D eigenvalue weighted by Gasteiger charge is -2.13. The maximum absolute atomic E-state index is 14.2. The molecule has 2 atom stereocenters. The molecule has 0 unspecified atom stereocenters. The molecule has 0 saturated carbocycles. The van der Waals surface area contributed by atoms with Crippen molar-refractivity contribution in [3.8, 4) is 0 Å². The summed E-state index contributed by atoms with van der Waals surface area (Å²) < 4.78 is 26.0. The summed E-state index contributed by atoms with van der Waals surface area (Å²) >= 11 is 0. The second-order valence-corrected chi connectivity index (χ2v) is 5.21. The van der Waals surface area contributed by atoms with E-state index in [0.29, 0.717) is 12.0 Å². The third kappa shape index (κ3) is 3.34. The standard InChI is InChI=1S/C16H16FN3O4/c1-2-13-23-9-12(24-13)20-8-11(17)14(19-16(20)22)18-15(21)10-6-4-3-5-7-10/h3-8,12-13H,2,9H2,1H3,(H,18,19,21,22)/t12-,13-/m0/s1. The molecule has 8 heteroatoms. The SMILES string of the molecule is CC[C@H]1OC[C@@H](n2cc(F)c(NC(=O)c3ccccc3)nc2=O)O1. The van der Waals surface area contributed by atoms with E-state index in [1.165, 1.54) is 0 Å². The number of hydrogen-bond acceptors (Lipinski definition) is 5. The number of anilines is 1. The number of rotatable bonds is 4. The van der Waals surface area contributed by atoms with Crippen molar-refractivity contribution in [2.24, 2.45) is 0 Å². The van der Waals surface area contributed by atoms with Gasteiger partial charge < -0.3 is 14.8 Å². The number of nitrogens with one attached hydrogen (secondary N) is 1. The fourth-order valence-electron chi connectivity index (χ4n) is 2.31. The molecule has 0 spiro atoms. The van der Waals surface area contributed by atoms with Gasteiger partial charge in [0.25, 0.3) is 5.91 Å². The molecule has 2 heterocycles. The monoisotopic (exact) mass is 333 g/mol. The summed E-state index contributed by atoms with van der Waals surface area (Å²) in [4.78, 5) is 27.7. The lowest BCUT2D eigenvalue weighted by atomic mass is 10.2. The van der Waals surface area contributed by atoms with Gasteiger partial charge in [-0.1, -0.05) is 25.1 Å². The van der Waals surface area contributed by atoms with Crippen LogP contribution in [0, 0.1) is 5.82 Å². The molecule has 0 aliphatic carbocycles. The molecule has 1 N–H and O–H groups in total. The first-order valence-electron chi connectivity index (χ1n) is 7.50. The van der Waals surface area contributed by atoms with Gasteiger partial charge >= 0.3 is 5.69 Å². The van der Waals surface area contributed by atoms with Crippen LogP contribution < -0.4 is 11.0 Å². The van der Waals surface area contributed by atoms with Gasteiger partial charge in [-0.3, -0.25) is 9.36 Å². The van der Waals surface area contributed by atoms with Crippen molar-refractivity contribution in [2.75, 3.05) is 11.9 Å². The minimum atomic E-state index is -0.831. The zero-order valence-electron chi connectivity index (χ0n) is 12.9. The van der Waals surface area contributed by atoms with E-state index in [-0.39, 0.29) is 6.61 Å². The first-order chi connectivity index (χ1) is 11.6. The lowest BCUT2D eigenvalue weighted by molar-refractivity contribution is -0.0732. The van der Waals surface area contributed by atoms with E-state index < -0.39 is 35.7 Å². The first-order valence-corrected chi connectivity index (χ1v) is 7.50. The highest BCUT2D eigenvalue weighted by molar-refractivity contribution is 6.03. The van der Waals surface area contributed by atoms with Crippen molar-refractivity contribution in [3.05, 3.63) is 58.4 Å². The summed E-state index contributed by atoms with van der Waals surface area (Å²) in [6.07, 6.45) is 0.416. The Bertz CT molecular complexity index is 794. The van der Waals surface area contributed by atoms with Crippen LogP contribution in [0.2, 0.25) is 0 Å². The molecule has 1 fully saturated rings. The zero-order chi connectivity index (χ0) is 17.1. The van der Waals surface area contributed by atoms with Crippen molar-refractivity contribution >= 4 is 11.7 Å². The Morgan fingerprint density at radius 2 is 2.17 bits per heavy atom. The highest BCUT2D eigenvalue weighted by Crippen LogP contribution is 2.22. The van der Waals surface area contributed by atoms with Crippen molar-refractivity contribution in [2.45, 2.75) is 25.9 Å². The van der Waals surface area contributed by atoms with Crippen molar-refractivity contribution in [3.63, 3.8) is 0 Å². The minimum Gasteiger partial charge on any atom is -0.348 e. The summed E-state index contributed by atoms with van der Waals surface area (Å²) in [5.41, 5.74) is -0.397.